The van der Waals surface area contributed by atoms with Crippen LogP contribution in [0.25, 0.3) is 0 Å². The Kier molecular flexibility index (Phi) is 5.11. The van der Waals surface area contributed by atoms with Crippen molar-refractivity contribution in [3.8, 4) is 5.75 Å². The Morgan fingerprint density at radius 1 is 1.48 bits per heavy atom. The van der Waals surface area contributed by atoms with Crippen LogP contribution < -0.4 is 5.32 Å². The molecule has 7 nitrogen and oxygen atoms in total. The molecule has 0 aliphatic carbocycles. The van der Waals surface area contributed by atoms with Crippen LogP contribution in [0.3, 0.4) is 0 Å². The summed E-state index contributed by atoms with van der Waals surface area (Å²) in [6, 6.07) is 0.141. The van der Waals surface area contributed by atoms with Crippen molar-refractivity contribution in [2.24, 2.45) is 0 Å². The number of aryl methyl sites for hydroxylation is 1. The summed E-state index contributed by atoms with van der Waals surface area (Å²) in [5.41, 5.74) is 1.29. The van der Waals surface area contributed by atoms with Gasteiger partial charge in [0.1, 0.15) is 11.4 Å². The number of amides is 1. The van der Waals surface area contributed by atoms with Crippen LogP contribution >= 0.6 is 0 Å². The first-order valence-corrected chi connectivity index (χ1v) is 7.69. The van der Waals surface area contributed by atoms with Gasteiger partial charge in [-0.2, -0.15) is 0 Å². The van der Waals surface area contributed by atoms with Crippen LogP contribution in [0.5, 0.6) is 5.75 Å². The average molecular weight is 323 g/mol. The summed E-state index contributed by atoms with van der Waals surface area (Å²) in [6.07, 6.45) is 1.26. The number of rotatable bonds is 4. The van der Waals surface area contributed by atoms with Crippen molar-refractivity contribution in [1.82, 2.24) is 15.2 Å². The molecule has 7 heteroatoms. The first-order valence-electron chi connectivity index (χ1n) is 7.69. The average Bonchev–Trinajstić information content (AvgIpc) is 2.39. The zero-order valence-electron chi connectivity index (χ0n) is 14.1. The van der Waals surface area contributed by atoms with E-state index in [9.17, 15) is 15.0 Å². The Labute approximate surface area is 136 Å². The largest absolute Gasteiger partial charge is 0.506 e. The van der Waals surface area contributed by atoms with E-state index in [0.717, 1.165) is 0 Å². The van der Waals surface area contributed by atoms with Crippen LogP contribution in [0.1, 0.15) is 37.6 Å². The van der Waals surface area contributed by atoms with Gasteiger partial charge in [0.05, 0.1) is 12.3 Å². The number of nitrogens with one attached hydrogen (secondary N) is 1. The lowest BCUT2D eigenvalue weighted by atomic mass is 10.1. The number of hydrogen-bond acceptors (Lipinski definition) is 6. The standard InChI is InChI=1S/C16H25N3O4/c1-10-14(21)13(11(9-20)5-17-10)6-18-12-7-19(8-12)15(22)23-16(2,3)4/h5,12,18,20-21H,6-9H2,1-4H3. The highest BCUT2D eigenvalue weighted by Crippen LogP contribution is 2.24. The van der Waals surface area contributed by atoms with E-state index in [0.29, 0.717) is 36.5 Å². The second-order valence-corrected chi connectivity index (χ2v) is 6.82. The molecule has 0 radical (unpaired) electrons. The number of aromatic nitrogens is 1. The molecule has 0 aromatic carbocycles. The fourth-order valence-electron chi connectivity index (χ4n) is 2.35. The minimum Gasteiger partial charge on any atom is -0.506 e. The number of carbonyl (C=O) groups excluding carboxylic acids is 1. The molecule has 1 aromatic rings. The van der Waals surface area contributed by atoms with E-state index in [1.165, 1.54) is 0 Å². The second kappa shape index (κ2) is 6.72. The van der Waals surface area contributed by atoms with Gasteiger partial charge in [0.25, 0.3) is 0 Å². The summed E-state index contributed by atoms with van der Waals surface area (Å²) >= 11 is 0. The normalized spacial score (nSPS) is 15.4. The van der Waals surface area contributed by atoms with Crippen LogP contribution in [0.4, 0.5) is 4.79 Å². The molecule has 1 aromatic heterocycles. The monoisotopic (exact) mass is 323 g/mol. The Morgan fingerprint density at radius 2 is 2.13 bits per heavy atom. The number of pyridine rings is 1. The Hall–Kier alpha value is -1.86. The number of aromatic hydroxyl groups is 1. The minimum atomic E-state index is -0.494. The van der Waals surface area contributed by atoms with Gasteiger partial charge in [0.2, 0.25) is 0 Å². The second-order valence-electron chi connectivity index (χ2n) is 6.82. The van der Waals surface area contributed by atoms with Crippen molar-refractivity contribution in [2.75, 3.05) is 13.1 Å². The number of nitrogens with zero attached hydrogens (tertiary/aromatic N) is 2. The van der Waals surface area contributed by atoms with Gasteiger partial charge in [-0.15, -0.1) is 0 Å². The van der Waals surface area contributed by atoms with E-state index in [-0.39, 0.29) is 24.5 Å². The summed E-state index contributed by atoms with van der Waals surface area (Å²) in [5, 5.41) is 22.7. The zero-order valence-corrected chi connectivity index (χ0v) is 14.1. The zero-order chi connectivity index (χ0) is 17.2. The van der Waals surface area contributed by atoms with Gasteiger partial charge in [-0.05, 0) is 27.7 Å². The molecule has 128 valence electrons. The number of aliphatic hydroxyl groups is 1. The lowest BCUT2D eigenvalue weighted by molar-refractivity contribution is 0.00515. The van der Waals surface area contributed by atoms with Gasteiger partial charge in [-0.3, -0.25) is 4.98 Å². The fourth-order valence-corrected chi connectivity index (χ4v) is 2.35. The minimum absolute atomic E-state index is 0.104. The molecule has 23 heavy (non-hydrogen) atoms. The summed E-state index contributed by atoms with van der Waals surface area (Å²) in [6.45, 7) is 8.60. The number of ether oxygens (including phenoxy) is 1. The van der Waals surface area contributed by atoms with Crippen molar-refractivity contribution in [3.05, 3.63) is 23.0 Å². The van der Waals surface area contributed by atoms with Gasteiger partial charge in [-0.25, -0.2) is 4.79 Å². The Morgan fingerprint density at radius 3 is 2.70 bits per heavy atom. The van der Waals surface area contributed by atoms with Crippen LogP contribution in [0.15, 0.2) is 6.20 Å². The molecular weight excluding hydrogens is 298 g/mol. The molecule has 0 bridgehead atoms. The van der Waals surface area contributed by atoms with Crippen molar-refractivity contribution < 1.29 is 19.7 Å². The molecule has 1 aliphatic heterocycles. The predicted octanol–water partition coefficient (Wildman–Crippen LogP) is 1.30. The molecule has 1 aliphatic rings. The lowest BCUT2D eigenvalue weighted by Crippen LogP contribution is -2.60. The number of carbonyl (C=O) groups is 1. The SMILES string of the molecule is Cc1ncc(CO)c(CNC2CN(C(=O)OC(C)(C)C)C2)c1O. The van der Waals surface area contributed by atoms with Gasteiger partial charge in [-0.1, -0.05) is 0 Å². The molecule has 1 amide bonds. The molecule has 2 rings (SSSR count). The van der Waals surface area contributed by atoms with Gasteiger partial charge < -0.3 is 25.2 Å². The molecule has 1 saturated heterocycles. The molecule has 3 N–H and O–H groups in total. The number of likely N-dealkylation sites (tertiary alicyclic amines) is 1. The third kappa shape index (κ3) is 4.33. The predicted molar refractivity (Wildman–Crippen MR) is 85.0 cm³/mol. The summed E-state index contributed by atoms with van der Waals surface area (Å²) < 4.78 is 5.30. The smallest absolute Gasteiger partial charge is 0.410 e. The summed E-state index contributed by atoms with van der Waals surface area (Å²) in [5.74, 6) is 0.104. The van der Waals surface area contributed by atoms with E-state index in [1.54, 1.807) is 18.0 Å². The summed E-state index contributed by atoms with van der Waals surface area (Å²) in [4.78, 5) is 17.5. The highest BCUT2D eigenvalue weighted by atomic mass is 16.6. The van der Waals surface area contributed by atoms with Crippen LogP contribution in [0.2, 0.25) is 0 Å². The highest BCUT2D eigenvalue weighted by molar-refractivity contribution is 5.69. The summed E-state index contributed by atoms with van der Waals surface area (Å²) in [7, 11) is 0. The first-order chi connectivity index (χ1) is 10.7. The molecular formula is C16H25N3O4. The van der Waals surface area contributed by atoms with Crippen LogP contribution in [-0.4, -0.2) is 50.9 Å². The fraction of sp³-hybridized carbons (Fsp3) is 0.625. The first kappa shape index (κ1) is 17.5. The lowest BCUT2D eigenvalue weighted by Gasteiger charge is -2.40. The molecule has 0 saturated carbocycles. The van der Waals surface area contributed by atoms with Gasteiger partial charge in [0, 0.05) is 43.0 Å². The number of aliphatic hydroxyl groups excluding tert-OH is 1. The quantitative estimate of drug-likeness (QED) is 0.773. The van der Waals surface area contributed by atoms with E-state index >= 15 is 0 Å². The molecule has 0 atom stereocenters. The Balaban J connectivity index is 1.86. The Bertz CT molecular complexity index is 577. The van der Waals surface area contributed by atoms with Crippen LogP contribution in [0, 0.1) is 6.92 Å². The van der Waals surface area contributed by atoms with Gasteiger partial charge >= 0.3 is 6.09 Å². The van der Waals surface area contributed by atoms with Crippen molar-refractivity contribution in [2.45, 2.75) is 52.5 Å². The number of hydrogen-bond donors (Lipinski definition) is 3. The molecule has 0 unspecified atom stereocenters. The maximum atomic E-state index is 11.9. The van der Waals surface area contributed by atoms with E-state index < -0.39 is 5.60 Å². The maximum absolute atomic E-state index is 11.9. The third-order valence-electron chi connectivity index (χ3n) is 3.70. The van der Waals surface area contributed by atoms with E-state index in [4.69, 9.17) is 4.74 Å². The maximum Gasteiger partial charge on any atom is 0.410 e. The van der Waals surface area contributed by atoms with Crippen molar-refractivity contribution in [1.29, 1.82) is 0 Å². The topological polar surface area (TPSA) is 94.9 Å². The van der Waals surface area contributed by atoms with Crippen molar-refractivity contribution >= 4 is 6.09 Å². The van der Waals surface area contributed by atoms with Crippen molar-refractivity contribution in [3.63, 3.8) is 0 Å². The van der Waals surface area contributed by atoms with E-state index in [1.807, 2.05) is 20.8 Å². The van der Waals surface area contributed by atoms with Gasteiger partial charge in [0.15, 0.2) is 0 Å². The third-order valence-corrected chi connectivity index (χ3v) is 3.70. The molecule has 2 heterocycles. The van der Waals surface area contributed by atoms with Crippen LogP contribution in [-0.2, 0) is 17.9 Å². The molecule has 1 fully saturated rings. The van der Waals surface area contributed by atoms with E-state index in [2.05, 4.69) is 10.3 Å². The highest BCUT2D eigenvalue weighted by Gasteiger charge is 2.33. The molecule has 0 spiro atoms.